The maximum Gasteiger partial charge on any atom is 0.234 e. The van der Waals surface area contributed by atoms with Crippen LogP contribution in [0.5, 0.6) is 0 Å². The number of fused-ring (bicyclic) bond motifs is 1. The van der Waals surface area contributed by atoms with Gasteiger partial charge >= 0.3 is 0 Å². The second-order valence-corrected chi connectivity index (χ2v) is 4.98. The van der Waals surface area contributed by atoms with Crippen LogP contribution >= 0.6 is 0 Å². The third-order valence-electron chi connectivity index (χ3n) is 3.66. The van der Waals surface area contributed by atoms with E-state index < -0.39 is 0 Å². The molecule has 5 nitrogen and oxygen atoms in total. The zero-order valence-corrected chi connectivity index (χ0v) is 10.6. The van der Waals surface area contributed by atoms with Crippen molar-refractivity contribution in [2.24, 2.45) is 7.05 Å². The molecule has 1 aromatic carbocycles. The van der Waals surface area contributed by atoms with Crippen LogP contribution in [0.2, 0.25) is 0 Å². The number of hydrogen-bond donors (Lipinski definition) is 2. The van der Waals surface area contributed by atoms with Gasteiger partial charge in [-0.3, -0.25) is 14.9 Å². The number of hydrogen-bond acceptors (Lipinski definition) is 3. The van der Waals surface area contributed by atoms with E-state index in [1.807, 2.05) is 36.0 Å². The van der Waals surface area contributed by atoms with Crippen LogP contribution in [0, 0.1) is 0 Å². The first-order valence-corrected chi connectivity index (χ1v) is 6.24. The average Bonchev–Trinajstić information content (AvgIpc) is 2.66. The Bertz CT molecular complexity index is 687. The molecule has 1 aliphatic heterocycles. The van der Waals surface area contributed by atoms with E-state index in [1.54, 1.807) is 0 Å². The molecule has 1 saturated heterocycles. The Labute approximate surface area is 110 Å². The molecule has 1 aromatic heterocycles. The molecule has 3 N–H and O–H groups in total. The lowest BCUT2D eigenvalue weighted by Gasteiger charge is -2.20. The number of anilines is 1. The van der Waals surface area contributed by atoms with E-state index in [1.165, 1.54) is 0 Å². The number of carbonyl (C=O) groups excluding carboxylic acids is 2. The Morgan fingerprint density at radius 2 is 2.16 bits per heavy atom. The molecule has 2 amide bonds. The molecule has 3 rings (SSSR count). The summed E-state index contributed by atoms with van der Waals surface area (Å²) in [5, 5.41) is 3.38. The molecule has 19 heavy (non-hydrogen) atoms. The van der Waals surface area contributed by atoms with Crippen LogP contribution in [0.3, 0.4) is 0 Å². The fourth-order valence-electron chi connectivity index (χ4n) is 2.71. The molecule has 1 unspecified atom stereocenters. The van der Waals surface area contributed by atoms with Crippen molar-refractivity contribution in [2.75, 3.05) is 5.73 Å². The van der Waals surface area contributed by atoms with Gasteiger partial charge in [-0.25, -0.2) is 0 Å². The minimum absolute atomic E-state index is 0.194. The topological polar surface area (TPSA) is 77.1 Å². The summed E-state index contributed by atoms with van der Waals surface area (Å²) in [5.41, 5.74) is 8.47. The number of nitrogen functional groups attached to an aromatic ring is 1. The van der Waals surface area contributed by atoms with Crippen LogP contribution in [0.15, 0.2) is 24.4 Å². The summed E-state index contributed by atoms with van der Waals surface area (Å²) in [7, 11) is 1.94. The van der Waals surface area contributed by atoms with E-state index in [9.17, 15) is 9.59 Å². The Morgan fingerprint density at radius 1 is 1.37 bits per heavy atom. The Hall–Kier alpha value is -2.30. The van der Waals surface area contributed by atoms with Crippen molar-refractivity contribution in [3.05, 3.63) is 30.0 Å². The highest BCUT2D eigenvalue weighted by Gasteiger charge is 2.30. The summed E-state index contributed by atoms with van der Waals surface area (Å²) in [6.07, 6.45) is 2.89. The number of piperidine rings is 1. The third-order valence-corrected chi connectivity index (χ3v) is 3.66. The lowest BCUT2D eigenvalue weighted by molar-refractivity contribution is -0.134. The van der Waals surface area contributed by atoms with Gasteiger partial charge in [-0.1, -0.05) is 0 Å². The summed E-state index contributed by atoms with van der Waals surface area (Å²) < 4.78 is 1.98. The number of imide groups is 1. The van der Waals surface area contributed by atoms with Gasteiger partial charge in [0.15, 0.2) is 0 Å². The van der Waals surface area contributed by atoms with Gasteiger partial charge in [-0.2, -0.15) is 0 Å². The highest BCUT2D eigenvalue weighted by atomic mass is 16.2. The van der Waals surface area contributed by atoms with E-state index in [0.29, 0.717) is 18.5 Å². The second kappa shape index (κ2) is 4.12. The van der Waals surface area contributed by atoms with Crippen LogP contribution in [-0.4, -0.2) is 16.4 Å². The summed E-state index contributed by atoms with van der Waals surface area (Å²) in [6.45, 7) is 0. The molecular formula is C14H15N3O2. The van der Waals surface area contributed by atoms with E-state index in [4.69, 9.17) is 5.73 Å². The molecule has 0 spiro atoms. The summed E-state index contributed by atoms with van der Waals surface area (Å²) in [4.78, 5) is 23.2. The van der Waals surface area contributed by atoms with Crippen LogP contribution in [-0.2, 0) is 16.6 Å². The quantitative estimate of drug-likeness (QED) is 0.597. The molecule has 2 heterocycles. The van der Waals surface area contributed by atoms with Gasteiger partial charge in [0.1, 0.15) is 0 Å². The van der Waals surface area contributed by atoms with Crippen molar-refractivity contribution in [3.63, 3.8) is 0 Å². The summed E-state index contributed by atoms with van der Waals surface area (Å²) >= 11 is 0. The lowest BCUT2D eigenvalue weighted by atomic mass is 9.90. The van der Waals surface area contributed by atoms with Gasteiger partial charge in [0, 0.05) is 36.3 Å². The van der Waals surface area contributed by atoms with Crippen molar-refractivity contribution >= 4 is 28.4 Å². The third kappa shape index (κ3) is 1.87. The molecule has 0 aliphatic carbocycles. The highest BCUT2D eigenvalue weighted by Crippen LogP contribution is 2.33. The molecule has 0 radical (unpaired) electrons. The number of benzene rings is 1. The van der Waals surface area contributed by atoms with Crippen LogP contribution < -0.4 is 11.1 Å². The molecule has 98 valence electrons. The van der Waals surface area contributed by atoms with Gasteiger partial charge in [-0.05, 0) is 30.2 Å². The van der Waals surface area contributed by atoms with Crippen molar-refractivity contribution in [2.45, 2.75) is 18.8 Å². The Kier molecular flexibility index (Phi) is 2.55. The largest absolute Gasteiger partial charge is 0.399 e. The summed E-state index contributed by atoms with van der Waals surface area (Å²) in [6, 6.07) is 5.67. The minimum atomic E-state index is -0.275. The number of carbonyl (C=O) groups is 2. The predicted molar refractivity (Wildman–Crippen MR) is 72.5 cm³/mol. The van der Waals surface area contributed by atoms with Crippen molar-refractivity contribution in [3.8, 4) is 0 Å². The monoisotopic (exact) mass is 257 g/mol. The van der Waals surface area contributed by atoms with Gasteiger partial charge in [0.2, 0.25) is 11.8 Å². The number of nitrogens with zero attached hydrogens (tertiary/aromatic N) is 1. The van der Waals surface area contributed by atoms with Crippen LogP contribution in [0.25, 0.3) is 10.9 Å². The maximum atomic E-state index is 12.0. The number of rotatable bonds is 1. The Balaban J connectivity index is 2.12. The zero-order valence-electron chi connectivity index (χ0n) is 10.6. The van der Waals surface area contributed by atoms with Gasteiger partial charge in [0.25, 0.3) is 0 Å². The van der Waals surface area contributed by atoms with E-state index >= 15 is 0 Å². The SMILES string of the molecule is Cn1cc(C2CCC(=O)NC2=O)c2cc(N)ccc21. The molecule has 1 fully saturated rings. The highest BCUT2D eigenvalue weighted by molar-refractivity contribution is 6.03. The number of aromatic nitrogens is 1. The molecule has 0 saturated carbocycles. The normalized spacial score (nSPS) is 19.7. The Morgan fingerprint density at radius 3 is 2.89 bits per heavy atom. The molecule has 5 heteroatoms. The average molecular weight is 257 g/mol. The van der Waals surface area contributed by atoms with Crippen molar-refractivity contribution in [1.82, 2.24) is 9.88 Å². The molecule has 1 aliphatic rings. The van der Waals surface area contributed by atoms with Crippen LogP contribution in [0.1, 0.15) is 24.3 Å². The van der Waals surface area contributed by atoms with Crippen molar-refractivity contribution < 1.29 is 9.59 Å². The van der Waals surface area contributed by atoms with Gasteiger partial charge < -0.3 is 10.3 Å². The first-order valence-electron chi connectivity index (χ1n) is 6.24. The number of amides is 2. The standard InChI is InChI=1S/C14H15N3O2/c1-17-7-11(9-3-5-13(18)16-14(9)19)10-6-8(15)2-4-12(10)17/h2,4,6-7,9H,3,5,15H2,1H3,(H,16,18,19). The fourth-order valence-corrected chi connectivity index (χ4v) is 2.71. The molecular weight excluding hydrogens is 242 g/mol. The number of nitrogens with one attached hydrogen (secondary N) is 1. The summed E-state index contributed by atoms with van der Waals surface area (Å²) in [5.74, 6) is -0.685. The maximum absolute atomic E-state index is 12.0. The number of aryl methyl sites for hydroxylation is 1. The first kappa shape index (κ1) is 11.8. The fraction of sp³-hybridized carbons (Fsp3) is 0.286. The smallest absolute Gasteiger partial charge is 0.234 e. The van der Waals surface area contributed by atoms with Crippen LogP contribution in [0.4, 0.5) is 5.69 Å². The minimum Gasteiger partial charge on any atom is -0.399 e. The van der Waals surface area contributed by atoms with E-state index in [2.05, 4.69) is 5.32 Å². The van der Waals surface area contributed by atoms with E-state index in [0.717, 1.165) is 16.5 Å². The first-order chi connectivity index (χ1) is 9.06. The lowest BCUT2D eigenvalue weighted by Crippen LogP contribution is -2.39. The number of nitrogens with two attached hydrogens (primary N) is 1. The second-order valence-electron chi connectivity index (χ2n) is 4.98. The molecule has 0 bridgehead atoms. The predicted octanol–water partition coefficient (Wildman–Crippen LogP) is 1.28. The zero-order chi connectivity index (χ0) is 13.6. The van der Waals surface area contributed by atoms with Crippen molar-refractivity contribution in [1.29, 1.82) is 0 Å². The molecule has 1 atom stereocenters. The van der Waals surface area contributed by atoms with E-state index in [-0.39, 0.29) is 17.7 Å². The molecule has 2 aromatic rings. The van der Waals surface area contributed by atoms with Gasteiger partial charge in [-0.15, -0.1) is 0 Å². The van der Waals surface area contributed by atoms with Gasteiger partial charge in [0.05, 0.1) is 5.92 Å².